The van der Waals surface area contributed by atoms with Crippen LogP contribution in [-0.4, -0.2) is 64.8 Å². The number of rotatable bonds is 8. The van der Waals surface area contributed by atoms with Crippen LogP contribution in [0.3, 0.4) is 0 Å². The Labute approximate surface area is 240 Å². The summed E-state index contributed by atoms with van der Waals surface area (Å²) in [4.78, 5) is 44.0. The van der Waals surface area contributed by atoms with E-state index >= 15 is 0 Å². The van der Waals surface area contributed by atoms with Crippen LogP contribution >= 0.6 is 0 Å². The zero-order valence-electron chi connectivity index (χ0n) is 24.0. The van der Waals surface area contributed by atoms with E-state index < -0.39 is 23.0 Å². The highest BCUT2D eigenvalue weighted by atomic mass is 16.6. The molecule has 41 heavy (non-hydrogen) atoms. The van der Waals surface area contributed by atoms with Crippen molar-refractivity contribution in [3.05, 3.63) is 71.4 Å². The first-order valence-electron chi connectivity index (χ1n) is 13.8. The summed E-state index contributed by atoms with van der Waals surface area (Å²) in [7, 11) is 0. The number of amides is 3. The fraction of sp³-hybridized carbons (Fsp3) is 0.419. The molecular formula is C31H38N4O6. The number of pyridine rings is 1. The van der Waals surface area contributed by atoms with Crippen molar-refractivity contribution >= 4 is 28.8 Å². The molecule has 0 saturated carbocycles. The van der Waals surface area contributed by atoms with Crippen LogP contribution in [0.2, 0.25) is 0 Å². The molecule has 2 aromatic carbocycles. The SMILES string of the molecule is Cc1cc(CCOc2ccc(C(=O)NCC3(C(=O)NO)CCN(C(=O)OC(C)(C)C)CC3)cc2)c2ccccc2n1. The summed E-state index contributed by atoms with van der Waals surface area (Å²) < 4.78 is 11.4. The van der Waals surface area contributed by atoms with Gasteiger partial charge in [-0.15, -0.1) is 0 Å². The van der Waals surface area contributed by atoms with Crippen LogP contribution in [0, 0.1) is 12.3 Å². The number of nitrogens with one attached hydrogen (secondary N) is 2. The molecule has 3 aromatic rings. The van der Waals surface area contributed by atoms with Crippen molar-refractivity contribution in [3.63, 3.8) is 0 Å². The molecule has 1 saturated heterocycles. The molecule has 0 spiro atoms. The minimum Gasteiger partial charge on any atom is -0.493 e. The number of fused-ring (bicyclic) bond motifs is 1. The van der Waals surface area contributed by atoms with Crippen molar-refractivity contribution in [2.75, 3.05) is 26.2 Å². The van der Waals surface area contributed by atoms with Crippen LogP contribution in [0.5, 0.6) is 5.75 Å². The molecule has 0 atom stereocenters. The number of hydroxylamine groups is 1. The minimum atomic E-state index is -1.05. The molecule has 1 aliphatic rings. The molecule has 3 N–H and O–H groups in total. The molecule has 4 rings (SSSR count). The molecule has 0 bridgehead atoms. The zero-order valence-corrected chi connectivity index (χ0v) is 24.0. The van der Waals surface area contributed by atoms with Crippen LogP contribution in [0.15, 0.2) is 54.6 Å². The monoisotopic (exact) mass is 562 g/mol. The van der Waals surface area contributed by atoms with Crippen LogP contribution in [0.1, 0.15) is 55.2 Å². The van der Waals surface area contributed by atoms with Crippen LogP contribution in [0.4, 0.5) is 4.79 Å². The van der Waals surface area contributed by atoms with Crippen LogP contribution in [-0.2, 0) is 16.0 Å². The lowest BCUT2D eigenvalue weighted by molar-refractivity contribution is -0.142. The van der Waals surface area contributed by atoms with Crippen molar-refractivity contribution < 1.29 is 29.1 Å². The Bertz CT molecular complexity index is 1390. The molecule has 1 fully saturated rings. The Hall–Kier alpha value is -4.18. The molecule has 10 nitrogen and oxygen atoms in total. The third kappa shape index (κ3) is 7.52. The smallest absolute Gasteiger partial charge is 0.410 e. The van der Waals surface area contributed by atoms with E-state index in [1.54, 1.807) is 50.5 Å². The number of ether oxygens (including phenoxy) is 2. The number of aromatic nitrogens is 1. The molecule has 10 heteroatoms. The van der Waals surface area contributed by atoms with Gasteiger partial charge in [0.15, 0.2) is 0 Å². The standard InChI is InChI=1S/C31H38N4O6/c1-21-19-23(25-7-5-6-8-26(25)33-21)13-18-40-24-11-9-22(10-12-24)27(36)32-20-31(28(37)34-39)14-16-35(17-15-31)29(38)41-30(2,3)4/h5-12,19,39H,13-18,20H2,1-4H3,(H,32,36)(H,34,37). The lowest BCUT2D eigenvalue weighted by atomic mass is 9.77. The third-order valence-corrected chi connectivity index (χ3v) is 7.23. The third-order valence-electron chi connectivity index (χ3n) is 7.23. The minimum absolute atomic E-state index is 0.0118. The maximum Gasteiger partial charge on any atom is 0.410 e. The van der Waals surface area contributed by atoms with E-state index in [1.807, 2.05) is 25.1 Å². The summed E-state index contributed by atoms with van der Waals surface area (Å²) in [5, 5.41) is 13.3. The van der Waals surface area contributed by atoms with Crippen LogP contribution < -0.4 is 15.5 Å². The lowest BCUT2D eigenvalue weighted by Crippen LogP contribution is -2.55. The van der Waals surface area contributed by atoms with E-state index in [0.29, 0.717) is 24.3 Å². The van der Waals surface area contributed by atoms with Crippen LogP contribution in [0.25, 0.3) is 10.9 Å². The van der Waals surface area contributed by atoms with Crippen molar-refractivity contribution in [1.29, 1.82) is 0 Å². The van der Waals surface area contributed by atoms with Crippen molar-refractivity contribution in [3.8, 4) is 5.75 Å². The molecule has 1 aromatic heterocycles. The topological polar surface area (TPSA) is 130 Å². The summed E-state index contributed by atoms with van der Waals surface area (Å²) in [6, 6.07) is 16.9. The molecule has 2 heterocycles. The molecule has 0 unspecified atom stereocenters. The summed E-state index contributed by atoms with van der Waals surface area (Å²) >= 11 is 0. The highest BCUT2D eigenvalue weighted by Gasteiger charge is 2.43. The highest BCUT2D eigenvalue weighted by Crippen LogP contribution is 2.32. The second-order valence-electron chi connectivity index (χ2n) is 11.4. The molecular weight excluding hydrogens is 524 g/mol. The first-order valence-corrected chi connectivity index (χ1v) is 13.8. The van der Waals surface area contributed by atoms with Gasteiger partial charge < -0.3 is 19.7 Å². The zero-order chi connectivity index (χ0) is 29.6. The van der Waals surface area contributed by atoms with E-state index in [9.17, 15) is 19.6 Å². The van der Waals surface area contributed by atoms with Gasteiger partial charge in [-0.2, -0.15) is 0 Å². The van der Waals surface area contributed by atoms with Gasteiger partial charge in [-0.05, 0) is 82.5 Å². The van der Waals surface area contributed by atoms with Gasteiger partial charge in [0.2, 0.25) is 0 Å². The number of nitrogens with zero attached hydrogens (tertiary/aromatic N) is 2. The van der Waals surface area contributed by atoms with Gasteiger partial charge in [0.25, 0.3) is 11.8 Å². The van der Waals surface area contributed by atoms with E-state index in [2.05, 4.69) is 22.4 Å². The predicted octanol–water partition coefficient (Wildman–Crippen LogP) is 4.42. The Kier molecular flexibility index (Phi) is 9.12. The number of hydrogen-bond acceptors (Lipinski definition) is 7. The van der Waals surface area contributed by atoms with Crippen molar-refractivity contribution in [2.45, 2.75) is 52.6 Å². The van der Waals surface area contributed by atoms with Gasteiger partial charge in [-0.1, -0.05) is 18.2 Å². The number of piperidine rings is 1. The van der Waals surface area contributed by atoms with Gasteiger partial charge in [0, 0.05) is 42.7 Å². The van der Waals surface area contributed by atoms with E-state index in [0.717, 1.165) is 16.6 Å². The average Bonchev–Trinajstić information content (AvgIpc) is 2.95. The number of likely N-dealkylation sites (tertiary alicyclic amines) is 1. The maximum absolute atomic E-state index is 12.9. The highest BCUT2D eigenvalue weighted by molar-refractivity contribution is 5.95. The Morgan fingerprint density at radius 1 is 1.05 bits per heavy atom. The molecule has 0 radical (unpaired) electrons. The molecule has 3 amide bonds. The quantitative estimate of drug-likeness (QED) is 0.274. The largest absolute Gasteiger partial charge is 0.493 e. The first-order chi connectivity index (χ1) is 19.5. The molecule has 218 valence electrons. The average molecular weight is 563 g/mol. The number of carbonyl (C=O) groups is 3. The second-order valence-corrected chi connectivity index (χ2v) is 11.4. The number of benzene rings is 2. The number of para-hydroxylation sites is 1. The normalized spacial score (nSPS) is 14.8. The van der Waals surface area contributed by atoms with Crippen molar-refractivity contribution in [1.82, 2.24) is 20.7 Å². The van der Waals surface area contributed by atoms with Gasteiger partial charge >= 0.3 is 6.09 Å². The molecule has 1 aliphatic heterocycles. The van der Waals surface area contributed by atoms with E-state index in [4.69, 9.17) is 9.47 Å². The molecule has 0 aliphatic carbocycles. The Morgan fingerprint density at radius 2 is 1.73 bits per heavy atom. The Balaban J connectivity index is 1.31. The summed E-state index contributed by atoms with van der Waals surface area (Å²) in [5.74, 6) is -0.306. The number of aryl methyl sites for hydroxylation is 1. The van der Waals surface area contributed by atoms with Gasteiger partial charge in [-0.25, -0.2) is 10.3 Å². The van der Waals surface area contributed by atoms with Gasteiger partial charge in [-0.3, -0.25) is 19.8 Å². The lowest BCUT2D eigenvalue weighted by Gasteiger charge is -2.40. The maximum atomic E-state index is 12.9. The number of carbonyl (C=O) groups excluding carboxylic acids is 3. The second kappa shape index (κ2) is 12.6. The fourth-order valence-corrected chi connectivity index (χ4v) is 4.98. The summed E-state index contributed by atoms with van der Waals surface area (Å²) in [6.45, 7) is 8.35. The van der Waals surface area contributed by atoms with Crippen molar-refractivity contribution in [2.24, 2.45) is 5.41 Å². The summed E-state index contributed by atoms with van der Waals surface area (Å²) in [5.41, 5.74) is 3.55. The first kappa shape index (κ1) is 29.8. The van der Waals surface area contributed by atoms with E-state index in [-0.39, 0.29) is 38.4 Å². The number of hydrogen-bond donors (Lipinski definition) is 3. The summed E-state index contributed by atoms with van der Waals surface area (Å²) in [6.07, 6.45) is 0.786. The predicted molar refractivity (Wildman–Crippen MR) is 154 cm³/mol. The Morgan fingerprint density at radius 3 is 2.39 bits per heavy atom. The fourth-order valence-electron chi connectivity index (χ4n) is 4.98. The van der Waals surface area contributed by atoms with Gasteiger partial charge in [0.1, 0.15) is 11.4 Å². The van der Waals surface area contributed by atoms with E-state index in [1.165, 1.54) is 10.5 Å². The van der Waals surface area contributed by atoms with Gasteiger partial charge in [0.05, 0.1) is 17.5 Å².